The Bertz CT molecular complexity index is 453. The van der Waals surface area contributed by atoms with Crippen molar-refractivity contribution in [2.75, 3.05) is 0 Å². The van der Waals surface area contributed by atoms with Crippen molar-refractivity contribution in [1.82, 2.24) is 9.97 Å². The number of halogens is 1. The molecule has 0 fully saturated rings. The van der Waals surface area contributed by atoms with Crippen LogP contribution >= 0.6 is 0 Å². The molecular formula is C11H12FN3O. The summed E-state index contributed by atoms with van der Waals surface area (Å²) in [6, 6.07) is 5.84. The third-order valence-corrected chi connectivity index (χ3v) is 2.09. The Morgan fingerprint density at radius 3 is 2.69 bits per heavy atom. The van der Waals surface area contributed by atoms with Gasteiger partial charge in [0, 0.05) is 18.4 Å². The maximum Gasteiger partial charge on any atom is 0.146 e. The van der Waals surface area contributed by atoms with Gasteiger partial charge in [0.2, 0.25) is 0 Å². The van der Waals surface area contributed by atoms with E-state index in [4.69, 9.17) is 10.5 Å². The van der Waals surface area contributed by atoms with E-state index in [-0.39, 0.29) is 5.82 Å². The van der Waals surface area contributed by atoms with Crippen LogP contribution in [0.15, 0.2) is 30.5 Å². The van der Waals surface area contributed by atoms with Crippen LogP contribution in [0, 0.1) is 5.82 Å². The van der Waals surface area contributed by atoms with Crippen LogP contribution in [0.4, 0.5) is 4.39 Å². The Morgan fingerprint density at radius 1 is 1.31 bits per heavy atom. The zero-order valence-electron chi connectivity index (χ0n) is 8.61. The van der Waals surface area contributed by atoms with E-state index >= 15 is 0 Å². The van der Waals surface area contributed by atoms with Crippen molar-refractivity contribution >= 4 is 0 Å². The highest BCUT2D eigenvalue weighted by atomic mass is 19.1. The second kappa shape index (κ2) is 4.76. The summed E-state index contributed by atoms with van der Waals surface area (Å²) in [5.41, 5.74) is 6.29. The van der Waals surface area contributed by atoms with Crippen LogP contribution in [-0.2, 0) is 13.2 Å². The van der Waals surface area contributed by atoms with Crippen molar-refractivity contribution in [2.45, 2.75) is 13.2 Å². The summed E-state index contributed by atoms with van der Waals surface area (Å²) in [6.45, 7) is 0.731. The molecule has 0 unspecified atom stereocenters. The van der Waals surface area contributed by atoms with Crippen molar-refractivity contribution in [3.63, 3.8) is 0 Å². The number of rotatable bonds is 4. The molecule has 0 amide bonds. The minimum Gasteiger partial charge on any atom is -0.486 e. The van der Waals surface area contributed by atoms with E-state index < -0.39 is 0 Å². The molecule has 2 rings (SSSR count). The lowest BCUT2D eigenvalue weighted by Gasteiger charge is -2.03. The number of nitrogens with one attached hydrogen (secondary N) is 1. The number of imidazole rings is 1. The highest BCUT2D eigenvalue weighted by Crippen LogP contribution is 2.12. The van der Waals surface area contributed by atoms with Crippen LogP contribution in [0.5, 0.6) is 5.75 Å². The molecule has 5 heteroatoms. The van der Waals surface area contributed by atoms with Gasteiger partial charge in [0.1, 0.15) is 24.0 Å². The molecule has 1 aromatic carbocycles. The minimum atomic E-state index is -0.282. The number of hydrogen-bond donors (Lipinski definition) is 2. The SMILES string of the molecule is NCc1cnc(COc2ccc(F)cc2)[nH]1. The molecular weight excluding hydrogens is 209 g/mol. The molecule has 0 bridgehead atoms. The lowest BCUT2D eigenvalue weighted by molar-refractivity contribution is 0.296. The van der Waals surface area contributed by atoms with Crippen LogP contribution in [0.3, 0.4) is 0 Å². The number of benzene rings is 1. The molecule has 16 heavy (non-hydrogen) atoms. The number of H-pyrrole nitrogens is 1. The number of aromatic nitrogens is 2. The van der Waals surface area contributed by atoms with E-state index in [0.29, 0.717) is 24.7 Å². The molecule has 0 aliphatic carbocycles. The van der Waals surface area contributed by atoms with Crippen LogP contribution in [0.25, 0.3) is 0 Å². The van der Waals surface area contributed by atoms with Gasteiger partial charge in [0.25, 0.3) is 0 Å². The first kappa shape index (κ1) is 10.6. The van der Waals surface area contributed by atoms with Crippen molar-refractivity contribution in [3.8, 4) is 5.75 Å². The lowest BCUT2D eigenvalue weighted by atomic mass is 10.3. The van der Waals surface area contributed by atoms with Gasteiger partial charge in [-0.3, -0.25) is 0 Å². The quantitative estimate of drug-likeness (QED) is 0.824. The Morgan fingerprint density at radius 2 is 2.06 bits per heavy atom. The lowest BCUT2D eigenvalue weighted by Crippen LogP contribution is -1.99. The molecule has 84 valence electrons. The van der Waals surface area contributed by atoms with E-state index in [1.54, 1.807) is 18.3 Å². The molecule has 0 atom stereocenters. The second-order valence-corrected chi connectivity index (χ2v) is 3.30. The number of hydrogen-bond acceptors (Lipinski definition) is 3. The number of nitrogens with zero attached hydrogens (tertiary/aromatic N) is 1. The van der Waals surface area contributed by atoms with Gasteiger partial charge in [0.05, 0.1) is 0 Å². The van der Waals surface area contributed by atoms with E-state index in [1.165, 1.54) is 12.1 Å². The van der Waals surface area contributed by atoms with Gasteiger partial charge in [-0.05, 0) is 24.3 Å². The van der Waals surface area contributed by atoms with Crippen LogP contribution in [0.2, 0.25) is 0 Å². The Labute approximate surface area is 92.3 Å². The van der Waals surface area contributed by atoms with Gasteiger partial charge in [-0.2, -0.15) is 0 Å². The standard InChI is InChI=1S/C11H12FN3O/c12-8-1-3-10(4-2-8)16-7-11-14-6-9(5-13)15-11/h1-4,6H,5,7,13H2,(H,14,15). The summed E-state index contributed by atoms with van der Waals surface area (Å²) in [6.07, 6.45) is 1.67. The highest BCUT2D eigenvalue weighted by molar-refractivity contribution is 5.22. The van der Waals surface area contributed by atoms with E-state index in [2.05, 4.69) is 9.97 Å². The highest BCUT2D eigenvalue weighted by Gasteiger charge is 2.00. The maximum absolute atomic E-state index is 12.6. The van der Waals surface area contributed by atoms with Gasteiger partial charge < -0.3 is 15.5 Å². The largest absolute Gasteiger partial charge is 0.486 e. The Hall–Kier alpha value is -1.88. The molecule has 2 aromatic rings. The Kier molecular flexibility index (Phi) is 3.16. The number of nitrogens with two attached hydrogens (primary N) is 1. The van der Waals surface area contributed by atoms with E-state index in [9.17, 15) is 4.39 Å². The summed E-state index contributed by atoms with van der Waals surface area (Å²) < 4.78 is 18.0. The first-order chi connectivity index (χ1) is 7.78. The summed E-state index contributed by atoms with van der Waals surface area (Å²) in [7, 11) is 0. The third kappa shape index (κ3) is 2.58. The van der Waals surface area contributed by atoms with E-state index in [1.807, 2.05) is 0 Å². The molecule has 0 aliphatic heterocycles. The monoisotopic (exact) mass is 221 g/mol. The van der Waals surface area contributed by atoms with Crippen LogP contribution in [0.1, 0.15) is 11.5 Å². The number of aromatic amines is 1. The summed E-state index contributed by atoms with van der Waals surface area (Å²) in [5.74, 6) is 1.02. The second-order valence-electron chi connectivity index (χ2n) is 3.30. The zero-order chi connectivity index (χ0) is 11.4. The van der Waals surface area contributed by atoms with Crippen molar-refractivity contribution < 1.29 is 9.13 Å². The van der Waals surface area contributed by atoms with Crippen molar-refractivity contribution in [1.29, 1.82) is 0 Å². The molecule has 0 saturated heterocycles. The smallest absolute Gasteiger partial charge is 0.146 e. The molecule has 3 N–H and O–H groups in total. The number of ether oxygens (including phenoxy) is 1. The Balaban J connectivity index is 1.94. The fourth-order valence-electron chi connectivity index (χ4n) is 1.27. The molecule has 1 heterocycles. The van der Waals surface area contributed by atoms with Gasteiger partial charge in [-0.25, -0.2) is 9.37 Å². The first-order valence-electron chi connectivity index (χ1n) is 4.89. The fourth-order valence-corrected chi connectivity index (χ4v) is 1.27. The van der Waals surface area contributed by atoms with E-state index in [0.717, 1.165) is 5.69 Å². The molecule has 4 nitrogen and oxygen atoms in total. The van der Waals surface area contributed by atoms with Crippen molar-refractivity contribution in [2.24, 2.45) is 5.73 Å². The predicted molar refractivity (Wildman–Crippen MR) is 57.2 cm³/mol. The van der Waals surface area contributed by atoms with Gasteiger partial charge >= 0.3 is 0 Å². The third-order valence-electron chi connectivity index (χ3n) is 2.09. The zero-order valence-corrected chi connectivity index (χ0v) is 8.61. The van der Waals surface area contributed by atoms with Crippen molar-refractivity contribution in [3.05, 3.63) is 47.8 Å². The average molecular weight is 221 g/mol. The fraction of sp³-hybridized carbons (Fsp3) is 0.182. The predicted octanol–water partition coefficient (Wildman–Crippen LogP) is 1.59. The van der Waals surface area contributed by atoms with Gasteiger partial charge in [0.15, 0.2) is 0 Å². The van der Waals surface area contributed by atoms with Crippen LogP contribution < -0.4 is 10.5 Å². The summed E-state index contributed by atoms with van der Waals surface area (Å²) in [4.78, 5) is 7.09. The molecule has 1 aromatic heterocycles. The molecule has 0 aliphatic rings. The minimum absolute atomic E-state index is 0.282. The first-order valence-corrected chi connectivity index (χ1v) is 4.89. The van der Waals surface area contributed by atoms with Crippen LogP contribution in [-0.4, -0.2) is 9.97 Å². The topological polar surface area (TPSA) is 63.9 Å². The maximum atomic E-state index is 12.6. The molecule has 0 radical (unpaired) electrons. The van der Waals surface area contributed by atoms with Gasteiger partial charge in [-0.15, -0.1) is 0 Å². The molecule has 0 saturated carbocycles. The summed E-state index contributed by atoms with van der Waals surface area (Å²) >= 11 is 0. The van der Waals surface area contributed by atoms with Gasteiger partial charge in [-0.1, -0.05) is 0 Å². The average Bonchev–Trinajstić information content (AvgIpc) is 2.76. The normalized spacial score (nSPS) is 10.4. The molecule has 0 spiro atoms. The summed E-state index contributed by atoms with van der Waals surface area (Å²) in [5, 5.41) is 0.